The summed E-state index contributed by atoms with van der Waals surface area (Å²) >= 11 is 0. The molecule has 2 rings (SSSR count). The molecule has 0 bridgehead atoms. The molecule has 1 N–H and O–H groups in total. The van der Waals surface area contributed by atoms with Crippen LogP contribution in [0.15, 0.2) is 24.4 Å². The lowest BCUT2D eigenvalue weighted by Crippen LogP contribution is -2.11. The fraction of sp³-hybridized carbons (Fsp3) is 0.273. The molecule has 0 saturated carbocycles. The van der Waals surface area contributed by atoms with Crippen LogP contribution in [0.2, 0.25) is 0 Å². The van der Waals surface area contributed by atoms with Gasteiger partial charge >= 0.3 is 0 Å². The molecule has 0 atom stereocenters. The Kier molecular flexibility index (Phi) is 3.43. The van der Waals surface area contributed by atoms with E-state index in [0.717, 1.165) is 18.3 Å². The van der Waals surface area contributed by atoms with Crippen LogP contribution in [0.1, 0.15) is 12.6 Å². The van der Waals surface area contributed by atoms with Crippen molar-refractivity contribution in [3.05, 3.63) is 41.7 Å². The molecule has 1 aromatic heterocycles. The Balaban J connectivity index is 2.24. The molecule has 0 aliphatic carbocycles. The molecule has 4 nitrogen and oxygen atoms in total. The van der Waals surface area contributed by atoms with Crippen LogP contribution in [0.3, 0.4) is 0 Å². The van der Waals surface area contributed by atoms with Crippen LogP contribution in [0.4, 0.5) is 8.78 Å². The summed E-state index contributed by atoms with van der Waals surface area (Å²) in [5.41, 5.74) is 1.04. The molecule has 0 aliphatic rings. The number of benzene rings is 1. The van der Waals surface area contributed by atoms with E-state index in [4.69, 9.17) is 0 Å². The standard InChI is InChI=1S/C11H12F2N4/c1-2-14-6-10-7-17(16-15-10)11-4-8(12)3-9(13)5-11/h3-5,7,14H,2,6H2,1H3. The van der Waals surface area contributed by atoms with Gasteiger partial charge in [0.25, 0.3) is 0 Å². The van der Waals surface area contributed by atoms with Crippen molar-refractivity contribution in [2.75, 3.05) is 6.54 Å². The molecule has 0 unspecified atom stereocenters. The van der Waals surface area contributed by atoms with E-state index in [1.54, 1.807) is 6.20 Å². The zero-order chi connectivity index (χ0) is 12.3. The summed E-state index contributed by atoms with van der Waals surface area (Å²) in [6, 6.07) is 3.23. The quantitative estimate of drug-likeness (QED) is 0.880. The monoisotopic (exact) mass is 238 g/mol. The smallest absolute Gasteiger partial charge is 0.128 e. The topological polar surface area (TPSA) is 42.7 Å². The molecular weight excluding hydrogens is 226 g/mol. The van der Waals surface area contributed by atoms with E-state index in [1.807, 2.05) is 6.92 Å². The van der Waals surface area contributed by atoms with Gasteiger partial charge in [0.15, 0.2) is 0 Å². The van der Waals surface area contributed by atoms with Gasteiger partial charge in [-0.3, -0.25) is 0 Å². The maximum Gasteiger partial charge on any atom is 0.128 e. The van der Waals surface area contributed by atoms with Gasteiger partial charge in [0.1, 0.15) is 11.6 Å². The summed E-state index contributed by atoms with van der Waals surface area (Å²) in [7, 11) is 0. The van der Waals surface area contributed by atoms with Crippen LogP contribution in [0.25, 0.3) is 5.69 Å². The maximum atomic E-state index is 13.0. The van der Waals surface area contributed by atoms with Crippen molar-refractivity contribution in [3.63, 3.8) is 0 Å². The Morgan fingerprint density at radius 3 is 2.59 bits per heavy atom. The van der Waals surface area contributed by atoms with Crippen LogP contribution in [-0.4, -0.2) is 21.5 Å². The lowest BCUT2D eigenvalue weighted by atomic mass is 10.3. The van der Waals surface area contributed by atoms with E-state index in [9.17, 15) is 8.78 Å². The van der Waals surface area contributed by atoms with Crippen molar-refractivity contribution < 1.29 is 8.78 Å². The lowest BCUT2D eigenvalue weighted by Gasteiger charge is -2.00. The second-order valence-electron chi connectivity index (χ2n) is 3.56. The van der Waals surface area contributed by atoms with Crippen LogP contribution in [-0.2, 0) is 6.54 Å². The van der Waals surface area contributed by atoms with Crippen LogP contribution >= 0.6 is 0 Å². The second-order valence-corrected chi connectivity index (χ2v) is 3.56. The Hall–Kier alpha value is -1.82. The van der Waals surface area contributed by atoms with Crippen molar-refractivity contribution in [2.24, 2.45) is 0 Å². The van der Waals surface area contributed by atoms with Gasteiger partial charge in [0, 0.05) is 12.6 Å². The summed E-state index contributed by atoms with van der Waals surface area (Å²) in [6.45, 7) is 3.38. The lowest BCUT2D eigenvalue weighted by molar-refractivity contribution is 0.579. The SMILES string of the molecule is CCNCc1cn(-c2cc(F)cc(F)c2)nn1. The normalized spacial score (nSPS) is 10.8. The van der Waals surface area contributed by atoms with Crippen LogP contribution in [0, 0.1) is 11.6 Å². The highest BCUT2D eigenvalue weighted by molar-refractivity contribution is 5.31. The van der Waals surface area contributed by atoms with Crippen molar-refractivity contribution in [3.8, 4) is 5.69 Å². The van der Waals surface area contributed by atoms with Crippen molar-refractivity contribution in [1.29, 1.82) is 0 Å². The first-order valence-electron chi connectivity index (χ1n) is 5.27. The molecule has 6 heteroatoms. The molecule has 0 amide bonds. The highest BCUT2D eigenvalue weighted by Gasteiger charge is 2.05. The highest BCUT2D eigenvalue weighted by Crippen LogP contribution is 2.11. The van der Waals surface area contributed by atoms with Crippen molar-refractivity contribution in [1.82, 2.24) is 20.3 Å². The van der Waals surface area contributed by atoms with E-state index in [1.165, 1.54) is 16.8 Å². The van der Waals surface area contributed by atoms with Crippen LogP contribution in [0.5, 0.6) is 0 Å². The molecule has 0 radical (unpaired) electrons. The molecule has 90 valence electrons. The number of nitrogens with one attached hydrogen (secondary N) is 1. The minimum atomic E-state index is -0.635. The predicted molar refractivity (Wildman–Crippen MR) is 58.7 cm³/mol. The van der Waals surface area contributed by atoms with E-state index < -0.39 is 11.6 Å². The molecule has 0 fully saturated rings. The van der Waals surface area contributed by atoms with E-state index in [2.05, 4.69) is 15.6 Å². The second kappa shape index (κ2) is 5.01. The number of halogens is 2. The Morgan fingerprint density at radius 2 is 1.94 bits per heavy atom. The van der Waals surface area contributed by atoms with Gasteiger partial charge in [-0.1, -0.05) is 12.1 Å². The third kappa shape index (κ3) is 2.85. The Morgan fingerprint density at radius 1 is 1.24 bits per heavy atom. The van der Waals surface area contributed by atoms with E-state index in [-0.39, 0.29) is 0 Å². The Bertz CT molecular complexity index is 490. The number of hydrogen-bond acceptors (Lipinski definition) is 3. The Labute approximate surface area is 97.3 Å². The first kappa shape index (κ1) is 11.7. The number of rotatable bonds is 4. The minimum absolute atomic E-state index is 0.317. The molecule has 1 aromatic carbocycles. The third-order valence-corrected chi connectivity index (χ3v) is 2.21. The number of nitrogens with zero attached hydrogens (tertiary/aromatic N) is 3. The largest absolute Gasteiger partial charge is 0.311 e. The minimum Gasteiger partial charge on any atom is -0.311 e. The van der Waals surface area contributed by atoms with Gasteiger partial charge < -0.3 is 5.32 Å². The average Bonchev–Trinajstić information content (AvgIpc) is 2.73. The number of aromatic nitrogens is 3. The van der Waals surface area contributed by atoms with Crippen molar-refractivity contribution >= 4 is 0 Å². The summed E-state index contributed by atoms with van der Waals surface area (Å²) in [6.07, 6.45) is 1.64. The van der Waals surface area contributed by atoms with E-state index >= 15 is 0 Å². The number of hydrogen-bond donors (Lipinski definition) is 1. The zero-order valence-corrected chi connectivity index (χ0v) is 9.32. The summed E-state index contributed by atoms with van der Waals surface area (Å²) in [5, 5.41) is 10.8. The first-order chi connectivity index (χ1) is 8.19. The van der Waals surface area contributed by atoms with Gasteiger partial charge in [-0.15, -0.1) is 5.10 Å². The third-order valence-electron chi connectivity index (χ3n) is 2.21. The summed E-state index contributed by atoms with van der Waals surface area (Å²) in [5.74, 6) is -1.27. The average molecular weight is 238 g/mol. The molecule has 0 saturated heterocycles. The fourth-order valence-electron chi connectivity index (χ4n) is 1.43. The molecule has 1 heterocycles. The molecule has 17 heavy (non-hydrogen) atoms. The van der Waals surface area contributed by atoms with Gasteiger partial charge in [-0.2, -0.15) is 0 Å². The molecule has 2 aromatic rings. The van der Waals surface area contributed by atoms with Crippen molar-refractivity contribution in [2.45, 2.75) is 13.5 Å². The van der Waals surface area contributed by atoms with Gasteiger partial charge in [-0.05, 0) is 18.7 Å². The van der Waals surface area contributed by atoms with Gasteiger partial charge in [0.05, 0.1) is 17.6 Å². The summed E-state index contributed by atoms with van der Waals surface area (Å²) < 4.78 is 27.4. The molecule has 0 spiro atoms. The van der Waals surface area contributed by atoms with Crippen LogP contribution < -0.4 is 5.32 Å². The van der Waals surface area contributed by atoms with Gasteiger partial charge in [-0.25, -0.2) is 13.5 Å². The van der Waals surface area contributed by atoms with E-state index in [0.29, 0.717) is 12.2 Å². The first-order valence-corrected chi connectivity index (χ1v) is 5.27. The fourth-order valence-corrected chi connectivity index (χ4v) is 1.43. The molecule has 0 aliphatic heterocycles. The summed E-state index contributed by atoms with van der Waals surface area (Å²) in [4.78, 5) is 0. The highest BCUT2D eigenvalue weighted by atomic mass is 19.1. The maximum absolute atomic E-state index is 13.0. The van der Waals surface area contributed by atoms with Gasteiger partial charge in [0.2, 0.25) is 0 Å². The molecular formula is C11H12F2N4. The predicted octanol–water partition coefficient (Wildman–Crippen LogP) is 1.66. The zero-order valence-electron chi connectivity index (χ0n) is 9.32.